The van der Waals surface area contributed by atoms with Crippen LogP contribution < -0.4 is 10.6 Å². The lowest BCUT2D eigenvalue weighted by Gasteiger charge is -2.07. The van der Waals surface area contributed by atoms with Crippen molar-refractivity contribution < 1.29 is 9.72 Å². The van der Waals surface area contributed by atoms with E-state index in [2.05, 4.69) is 10.6 Å². The smallest absolute Gasteiger partial charge is 0.271 e. The van der Waals surface area contributed by atoms with Gasteiger partial charge in [0.1, 0.15) is 0 Å². The molecule has 2 rings (SSSR count). The highest BCUT2D eigenvalue weighted by molar-refractivity contribution is 6.33. The summed E-state index contributed by atoms with van der Waals surface area (Å²) in [6.07, 6.45) is 2.18. The van der Waals surface area contributed by atoms with Gasteiger partial charge in [0.05, 0.1) is 22.2 Å². The zero-order chi connectivity index (χ0) is 13.1. The Hall–Kier alpha value is -1.66. The SMILES string of the molecule is O=C(CNC1CC1)Nc1cc([N+](=O)[O-])ccc1Cl. The van der Waals surface area contributed by atoms with Crippen LogP contribution >= 0.6 is 11.6 Å². The van der Waals surface area contributed by atoms with Crippen molar-refractivity contribution >= 4 is 28.9 Å². The van der Waals surface area contributed by atoms with Gasteiger partial charge in [0.15, 0.2) is 0 Å². The van der Waals surface area contributed by atoms with Gasteiger partial charge < -0.3 is 10.6 Å². The summed E-state index contributed by atoms with van der Waals surface area (Å²) in [5.74, 6) is -0.260. The Bertz CT molecular complexity index is 488. The standard InChI is InChI=1S/C11H12ClN3O3/c12-9-4-3-8(15(17)18)5-10(9)14-11(16)6-13-7-1-2-7/h3-5,7,13H,1-2,6H2,(H,14,16). The van der Waals surface area contributed by atoms with Crippen molar-refractivity contribution in [3.63, 3.8) is 0 Å². The van der Waals surface area contributed by atoms with E-state index in [9.17, 15) is 14.9 Å². The Morgan fingerprint density at radius 3 is 2.83 bits per heavy atom. The molecule has 1 amide bonds. The molecule has 1 aliphatic carbocycles. The first-order valence-corrected chi connectivity index (χ1v) is 5.91. The van der Waals surface area contributed by atoms with Crippen molar-refractivity contribution in [2.24, 2.45) is 0 Å². The van der Waals surface area contributed by atoms with Gasteiger partial charge in [0.25, 0.3) is 5.69 Å². The fraction of sp³-hybridized carbons (Fsp3) is 0.364. The number of nitrogens with zero attached hydrogens (tertiary/aromatic N) is 1. The fourth-order valence-corrected chi connectivity index (χ4v) is 1.61. The number of nitro benzene ring substituents is 1. The predicted octanol–water partition coefficient (Wildman–Crippen LogP) is 1.94. The lowest BCUT2D eigenvalue weighted by atomic mass is 10.3. The minimum Gasteiger partial charge on any atom is -0.323 e. The third kappa shape index (κ3) is 3.41. The van der Waals surface area contributed by atoms with Gasteiger partial charge in [-0.1, -0.05) is 11.6 Å². The Kier molecular flexibility index (Phi) is 3.78. The van der Waals surface area contributed by atoms with Gasteiger partial charge in [-0.3, -0.25) is 14.9 Å². The molecule has 18 heavy (non-hydrogen) atoms. The minimum atomic E-state index is -0.533. The van der Waals surface area contributed by atoms with E-state index in [0.717, 1.165) is 12.8 Å². The van der Waals surface area contributed by atoms with Gasteiger partial charge in [-0.25, -0.2) is 0 Å². The summed E-state index contributed by atoms with van der Waals surface area (Å²) in [7, 11) is 0. The van der Waals surface area contributed by atoms with E-state index in [1.165, 1.54) is 18.2 Å². The average Bonchev–Trinajstić information content (AvgIpc) is 3.13. The lowest BCUT2D eigenvalue weighted by Crippen LogP contribution is -2.29. The summed E-state index contributed by atoms with van der Waals surface area (Å²) in [5, 5.41) is 16.5. The quantitative estimate of drug-likeness (QED) is 0.632. The van der Waals surface area contributed by atoms with Crippen molar-refractivity contribution in [2.45, 2.75) is 18.9 Å². The van der Waals surface area contributed by atoms with Crippen LogP contribution in [-0.4, -0.2) is 23.4 Å². The Labute approximate surface area is 108 Å². The molecule has 1 aliphatic rings. The molecule has 0 bridgehead atoms. The number of hydrogen-bond acceptors (Lipinski definition) is 4. The van der Waals surface area contributed by atoms with Crippen molar-refractivity contribution in [1.82, 2.24) is 5.32 Å². The molecule has 7 heteroatoms. The molecule has 0 spiro atoms. The van der Waals surface area contributed by atoms with Crippen LogP contribution in [0.25, 0.3) is 0 Å². The van der Waals surface area contributed by atoms with Gasteiger partial charge in [-0.05, 0) is 18.9 Å². The molecular formula is C11H12ClN3O3. The van der Waals surface area contributed by atoms with Crippen molar-refractivity contribution in [3.8, 4) is 0 Å². The molecule has 0 aromatic heterocycles. The molecule has 0 saturated heterocycles. The van der Waals surface area contributed by atoms with Crippen LogP contribution in [0.3, 0.4) is 0 Å². The highest BCUT2D eigenvalue weighted by Gasteiger charge is 2.21. The first kappa shape index (κ1) is 12.8. The van der Waals surface area contributed by atoms with E-state index >= 15 is 0 Å². The summed E-state index contributed by atoms with van der Waals surface area (Å²) < 4.78 is 0. The maximum Gasteiger partial charge on any atom is 0.271 e. The van der Waals surface area contributed by atoms with E-state index in [1.54, 1.807) is 0 Å². The van der Waals surface area contributed by atoms with Crippen LogP contribution in [0.1, 0.15) is 12.8 Å². The zero-order valence-electron chi connectivity index (χ0n) is 9.48. The first-order chi connectivity index (χ1) is 8.56. The number of carbonyl (C=O) groups excluding carboxylic acids is 1. The van der Waals surface area contributed by atoms with Crippen LogP contribution in [0, 0.1) is 10.1 Å². The third-order valence-electron chi connectivity index (χ3n) is 2.56. The van der Waals surface area contributed by atoms with Gasteiger partial charge in [-0.2, -0.15) is 0 Å². The van der Waals surface area contributed by atoms with E-state index < -0.39 is 4.92 Å². The van der Waals surface area contributed by atoms with Crippen LogP contribution in [-0.2, 0) is 4.79 Å². The van der Waals surface area contributed by atoms with E-state index in [1.807, 2.05) is 0 Å². The molecule has 6 nitrogen and oxygen atoms in total. The second-order valence-electron chi connectivity index (χ2n) is 4.12. The summed E-state index contributed by atoms with van der Waals surface area (Å²) in [4.78, 5) is 21.7. The number of nitrogens with one attached hydrogen (secondary N) is 2. The van der Waals surface area contributed by atoms with Gasteiger partial charge in [-0.15, -0.1) is 0 Å². The number of amides is 1. The van der Waals surface area contributed by atoms with Crippen molar-refractivity contribution in [1.29, 1.82) is 0 Å². The summed E-state index contributed by atoms with van der Waals surface area (Å²) in [5.41, 5.74) is 0.151. The molecule has 0 heterocycles. The number of carbonyl (C=O) groups is 1. The monoisotopic (exact) mass is 269 g/mol. The van der Waals surface area contributed by atoms with Crippen LogP contribution in [0.5, 0.6) is 0 Å². The molecule has 1 aromatic carbocycles. The second-order valence-corrected chi connectivity index (χ2v) is 4.53. The number of non-ortho nitro benzene ring substituents is 1. The lowest BCUT2D eigenvalue weighted by molar-refractivity contribution is -0.384. The summed E-state index contributed by atoms with van der Waals surface area (Å²) in [6.45, 7) is 0.184. The van der Waals surface area contributed by atoms with Crippen molar-refractivity contribution in [3.05, 3.63) is 33.3 Å². The van der Waals surface area contributed by atoms with Crippen LogP contribution in [0.4, 0.5) is 11.4 Å². The molecular weight excluding hydrogens is 258 g/mol. The molecule has 0 aliphatic heterocycles. The Morgan fingerprint density at radius 1 is 1.50 bits per heavy atom. The molecule has 0 atom stereocenters. The first-order valence-electron chi connectivity index (χ1n) is 5.53. The molecule has 0 unspecified atom stereocenters. The number of anilines is 1. The summed E-state index contributed by atoms with van der Waals surface area (Å²) >= 11 is 5.86. The fourth-order valence-electron chi connectivity index (χ4n) is 1.44. The normalized spacial score (nSPS) is 14.3. The maximum absolute atomic E-state index is 11.6. The maximum atomic E-state index is 11.6. The van der Waals surface area contributed by atoms with Crippen LogP contribution in [0.2, 0.25) is 5.02 Å². The third-order valence-corrected chi connectivity index (χ3v) is 2.89. The topological polar surface area (TPSA) is 84.3 Å². The van der Waals surface area contributed by atoms with Gasteiger partial charge in [0.2, 0.25) is 5.91 Å². The number of rotatable bonds is 5. The van der Waals surface area contributed by atoms with Crippen molar-refractivity contribution in [2.75, 3.05) is 11.9 Å². The largest absolute Gasteiger partial charge is 0.323 e. The molecule has 0 radical (unpaired) electrons. The molecule has 2 N–H and O–H groups in total. The number of hydrogen-bond donors (Lipinski definition) is 2. The van der Waals surface area contributed by atoms with E-state index in [0.29, 0.717) is 6.04 Å². The molecule has 1 aromatic rings. The highest BCUT2D eigenvalue weighted by atomic mass is 35.5. The van der Waals surface area contributed by atoms with E-state index in [-0.39, 0.29) is 28.8 Å². The zero-order valence-corrected chi connectivity index (χ0v) is 10.2. The second kappa shape index (κ2) is 5.32. The predicted molar refractivity (Wildman–Crippen MR) is 67.8 cm³/mol. The Morgan fingerprint density at radius 2 is 2.22 bits per heavy atom. The Balaban J connectivity index is 1.99. The highest BCUT2D eigenvalue weighted by Crippen LogP contribution is 2.26. The number of benzene rings is 1. The van der Waals surface area contributed by atoms with Gasteiger partial charge in [0, 0.05) is 18.2 Å². The molecule has 1 saturated carbocycles. The number of halogens is 1. The average molecular weight is 270 g/mol. The molecule has 1 fully saturated rings. The van der Waals surface area contributed by atoms with E-state index in [4.69, 9.17) is 11.6 Å². The van der Waals surface area contributed by atoms with Crippen LogP contribution in [0.15, 0.2) is 18.2 Å². The molecule has 96 valence electrons. The minimum absolute atomic E-state index is 0.107. The van der Waals surface area contributed by atoms with Gasteiger partial charge >= 0.3 is 0 Å². The number of nitro groups is 1. The summed E-state index contributed by atoms with van der Waals surface area (Å²) in [6, 6.07) is 4.36.